The topological polar surface area (TPSA) is 33.1 Å². The van der Waals surface area contributed by atoms with Gasteiger partial charge in [0, 0.05) is 32.0 Å². The van der Waals surface area contributed by atoms with Crippen molar-refractivity contribution in [3.8, 4) is 0 Å². The first-order chi connectivity index (χ1) is 6.95. The summed E-state index contributed by atoms with van der Waals surface area (Å²) in [5.41, 5.74) is 3.43. The number of hydrogen-bond donors (Lipinski definition) is 1. The van der Waals surface area contributed by atoms with Crippen molar-refractivity contribution in [2.45, 2.75) is 25.8 Å². The number of hydrogen-bond acceptors (Lipinski definition) is 3. The van der Waals surface area contributed by atoms with Crippen molar-refractivity contribution in [3.63, 3.8) is 0 Å². The van der Waals surface area contributed by atoms with E-state index < -0.39 is 0 Å². The molecule has 2 heterocycles. The minimum Gasteiger partial charge on any atom is -0.271 e. The lowest BCUT2D eigenvalue weighted by atomic mass is 10.2. The molecule has 0 amide bonds. The Morgan fingerprint density at radius 1 is 1.21 bits per heavy atom. The minimum atomic E-state index is 0.948. The zero-order valence-electron chi connectivity index (χ0n) is 8.52. The van der Waals surface area contributed by atoms with Crippen LogP contribution in [0.15, 0.2) is 18.5 Å². The molecule has 0 bridgehead atoms. The molecule has 4 nitrogen and oxygen atoms in total. The van der Waals surface area contributed by atoms with Crippen LogP contribution in [0.1, 0.15) is 19.3 Å². The number of rotatable bonds is 4. The fraction of sp³-hybridized carbons (Fsp3) is 0.700. The van der Waals surface area contributed by atoms with E-state index in [-0.39, 0.29) is 0 Å². The molecule has 0 radical (unpaired) electrons. The van der Waals surface area contributed by atoms with Crippen LogP contribution < -0.4 is 5.43 Å². The Labute approximate surface area is 84.9 Å². The molecule has 0 unspecified atom stereocenters. The SMILES string of the molecule is c1cnn(CCNN2CCCCC2)c1. The van der Waals surface area contributed by atoms with E-state index in [0.717, 1.165) is 13.1 Å². The molecular weight excluding hydrogens is 176 g/mol. The van der Waals surface area contributed by atoms with Crippen molar-refractivity contribution in [1.29, 1.82) is 0 Å². The Morgan fingerprint density at radius 2 is 2.07 bits per heavy atom. The second-order valence-corrected chi connectivity index (χ2v) is 3.72. The van der Waals surface area contributed by atoms with Crippen LogP contribution in [0.5, 0.6) is 0 Å². The van der Waals surface area contributed by atoms with Crippen LogP contribution in [0.3, 0.4) is 0 Å². The molecule has 4 heteroatoms. The highest BCUT2D eigenvalue weighted by Crippen LogP contribution is 2.05. The first-order valence-corrected chi connectivity index (χ1v) is 5.41. The molecule has 78 valence electrons. The van der Waals surface area contributed by atoms with Crippen molar-refractivity contribution in [1.82, 2.24) is 20.2 Å². The molecule has 1 fully saturated rings. The standard InChI is InChI=1S/C10H18N4/c1-2-7-13(8-3-1)12-6-10-14-9-4-5-11-14/h4-5,9,12H,1-3,6-8,10H2. The average Bonchev–Trinajstić information content (AvgIpc) is 2.72. The predicted octanol–water partition coefficient (Wildman–Crippen LogP) is 0.874. The van der Waals surface area contributed by atoms with Gasteiger partial charge in [0.2, 0.25) is 0 Å². The number of nitrogens with one attached hydrogen (secondary N) is 1. The second-order valence-electron chi connectivity index (χ2n) is 3.72. The van der Waals surface area contributed by atoms with E-state index in [9.17, 15) is 0 Å². The van der Waals surface area contributed by atoms with Gasteiger partial charge in [-0.1, -0.05) is 6.42 Å². The summed E-state index contributed by atoms with van der Waals surface area (Å²) in [4.78, 5) is 0. The summed E-state index contributed by atoms with van der Waals surface area (Å²) in [5.74, 6) is 0. The van der Waals surface area contributed by atoms with Gasteiger partial charge in [-0.2, -0.15) is 5.10 Å². The highest BCUT2D eigenvalue weighted by Gasteiger charge is 2.08. The Balaban J connectivity index is 1.62. The zero-order valence-corrected chi connectivity index (χ0v) is 8.52. The number of hydrazine groups is 1. The lowest BCUT2D eigenvalue weighted by Crippen LogP contribution is -2.42. The van der Waals surface area contributed by atoms with E-state index in [0.29, 0.717) is 0 Å². The maximum absolute atomic E-state index is 4.16. The average molecular weight is 194 g/mol. The van der Waals surface area contributed by atoms with Crippen LogP contribution in [-0.4, -0.2) is 34.4 Å². The summed E-state index contributed by atoms with van der Waals surface area (Å²) >= 11 is 0. The second kappa shape index (κ2) is 5.12. The largest absolute Gasteiger partial charge is 0.271 e. The van der Waals surface area contributed by atoms with E-state index in [4.69, 9.17) is 0 Å². The van der Waals surface area contributed by atoms with Gasteiger partial charge in [0.25, 0.3) is 0 Å². The zero-order chi connectivity index (χ0) is 9.64. The maximum Gasteiger partial charge on any atom is 0.0548 e. The van der Waals surface area contributed by atoms with Crippen LogP contribution in [0.2, 0.25) is 0 Å². The fourth-order valence-electron chi connectivity index (χ4n) is 1.81. The molecule has 0 aliphatic carbocycles. The molecule has 1 aromatic heterocycles. The summed E-state index contributed by atoms with van der Waals surface area (Å²) in [6.07, 6.45) is 7.86. The van der Waals surface area contributed by atoms with E-state index in [2.05, 4.69) is 15.5 Å². The number of aromatic nitrogens is 2. The van der Waals surface area contributed by atoms with Gasteiger partial charge in [-0.25, -0.2) is 5.01 Å². The van der Waals surface area contributed by atoms with Gasteiger partial charge in [-0.05, 0) is 18.9 Å². The lowest BCUT2D eigenvalue weighted by Gasteiger charge is -2.27. The van der Waals surface area contributed by atoms with Gasteiger partial charge in [0.15, 0.2) is 0 Å². The van der Waals surface area contributed by atoms with Crippen LogP contribution >= 0.6 is 0 Å². The molecule has 1 aliphatic heterocycles. The molecule has 1 saturated heterocycles. The summed E-state index contributed by atoms with van der Waals surface area (Å²) in [7, 11) is 0. The quantitative estimate of drug-likeness (QED) is 0.772. The molecule has 14 heavy (non-hydrogen) atoms. The summed E-state index contributed by atoms with van der Waals surface area (Å²) in [6.45, 7) is 4.31. The maximum atomic E-state index is 4.16. The van der Waals surface area contributed by atoms with Gasteiger partial charge >= 0.3 is 0 Å². The van der Waals surface area contributed by atoms with E-state index >= 15 is 0 Å². The molecule has 0 saturated carbocycles. The third kappa shape index (κ3) is 2.82. The predicted molar refractivity (Wildman–Crippen MR) is 55.7 cm³/mol. The summed E-state index contributed by atoms with van der Waals surface area (Å²) in [5, 5.41) is 6.48. The molecule has 0 aromatic carbocycles. The molecule has 1 aliphatic rings. The first-order valence-electron chi connectivity index (χ1n) is 5.41. The van der Waals surface area contributed by atoms with Crippen molar-refractivity contribution < 1.29 is 0 Å². The third-order valence-corrected chi connectivity index (χ3v) is 2.59. The summed E-state index contributed by atoms with van der Waals surface area (Å²) < 4.78 is 1.96. The van der Waals surface area contributed by atoms with Gasteiger partial charge in [-0.15, -0.1) is 0 Å². The van der Waals surface area contributed by atoms with Gasteiger partial charge < -0.3 is 0 Å². The molecule has 2 rings (SSSR count). The fourth-order valence-corrected chi connectivity index (χ4v) is 1.81. The van der Waals surface area contributed by atoms with Gasteiger partial charge in [0.05, 0.1) is 6.54 Å². The van der Waals surface area contributed by atoms with E-state index in [1.54, 1.807) is 0 Å². The Bertz CT molecular complexity index is 239. The highest BCUT2D eigenvalue weighted by atomic mass is 15.5. The Morgan fingerprint density at radius 3 is 2.79 bits per heavy atom. The molecule has 1 aromatic rings. The van der Waals surface area contributed by atoms with Crippen molar-refractivity contribution in [2.24, 2.45) is 0 Å². The van der Waals surface area contributed by atoms with E-state index in [1.807, 2.05) is 23.1 Å². The van der Waals surface area contributed by atoms with Gasteiger partial charge in [0.1, 0.15) is 0 Å². The van der Waals surface area contributed by atoms with Crippen molar-refractivity contribution >= 4 is 0 Å². The summed E-state index contributed by atoms with van der Waals surface area (Å²) in [6, 6.07) is 1.96. The molecule has 0 atom stereocenters. The van der Waals surface area contributed by atoms with Crippen molar-refractivity contribution in [3.05, 3.63) is 18.5 Å². The number of piperidine rings is 1. The Kier molecular flexibility index (Phi) is 3.54. The van der Waals surface area contributed by atoms with Crippen LogP contribution in [0.25, 0.3) is 0 Å². The normalized spacial score (nSPS) is 18.6. The minimum absolute atomic E-state index is 0.948. The first kappa shape index (κ1) is 9.68. The smallest absolute Gasteiger partial charge is 0.0548 e. The monoisotopic (exact) mass is 194 g/mol. The number of nitrogens with zero attached hydrogens (tertiary/aromatic N) is 3. The third-order valence-electron chi connectivity index (χ3n) is 2.59. The molecular formula is C10H18N4. The molecule has 1 N–H and O–H groups in total. The van der Waals surface area contributed by atoms with Crippen LogP contribution in [-0.2, 0) is 6.54 Å². The molecule has 0 spiro atoms. The van der Waals surface area contributed by atoms with Crippen LogP contribution in [0.4, 0.5) is 0 Å². The van der Waals surface area contributed by atoms with Crippen LogP contribution in [0, 0.1) is 0 Å². The van der Waals surface area contributed by atoms with Crippen molar-refractivity contribution in [2.75, 3.05) is 19.6 Å². The van der Waals surface area contributed by atoms with E-state index in [1.165, 1.54) is 32.4 Å². The lowest BCUT2D eigenvalue weighted by molar-refractivity contribution is 0.151. The van der Waals surface area contributed by atoms with Gasteiger partial charge in [-0.3, -0.25) is 10.1 Å². The highest BCUT2D eigenvalue weighted by molar-refractivity contribution is 4.77. The Hall–Kier alpha value is -0.870.